The summed E-state index contributed by atoms with van der Waals surface area (Å²) in [6.45, 7) is 1.67. The van der Waals surface area contributed by atoms with Crippen molar-refractivity contribution in [1.29, 1.82) is 0 Å². The van der Waals surface area contributed by atoms with E-state index in [0.717, 1.165) is 25.9 Å². The van der Waals surface area contributed by atoms with Gasteiger partial charge in [0.2, 0.25) is 0 Å². The Hall–Kier alpha value is -1.16. The third-order valence-corrected chi connectivity index (χ3v) is 5.17. The zero-order valence-electron chi connectivity index (χ0n) is 11.6. The average Bonchev–Trinajstić information content (AvgIpc) is 2.49. The molecule has 0 radical (unpaired) electrons. The molecule has 2 heterocycles. The molecular weight excluding hydrogens is 274 g/mol. The van der Waals surface area contributed by atoms with Gasteiger partial charge in [0, 0.05) is 19.3 Å². The molecule has 4 nitrogen and oxygen atoms in total. The summed E-state index contributed by atoms with van der Waals surface area (Å²) in [5.74, 6) is -0.0527. The smallest absolute Gasteiger partial charge is 0.274 e. The van der Waals surface area contributed by atoms with Crippen molar-refractivity contribution in [3.8, 4) is 0 Å². The molecule has 5 heteroatoms. The first-order valence-corrected chi connectivity index (χ1v) is 7.83. The molecule has 20 heavy (non-hydrogen) atoms. The molecule has 0 aromatic carbocycles. The van der Waals surface area contributed by atoms with Crippen LogP contribution in [-0.4, -0.2) is 33.9 Å². The van der Waals surface area contributed by atoms with Gasteiger partial charge in [0.25, 0.3) is 5.91 Å². The van der Waals surface area contributed by atoms with Crippen molar-refractivity contribution >= 4 is 17.5 Å². The van der Waals surface area contributed by atoms with E-state index < -0.39 is 0 Å². The first-order valence-electron chi connectivity index (χ1n) is 7.45. The van der Waals surface area contributed by atoms with E-state index in [-0.39, 0.29) is 5.91 Å². The molecule has 1 spiro atoms. The molecule has 0 atom stereocenters. The fraction of sp³-hybridized carbons (Fsp3) is 0.667. The Labute approximate surface area is 124 Å². The van der Waals surface area contributed by atoms with Gasteiger partial charge in [0.05, 0.1) is 5.02 Å². The molecule has 3 rings (SSSR count). The number of nitrogens with zero attached hydrogens (tertiary/aromatic N) is 3. The van der Waals surface area contributed by atoms with Gasteiger partial charge < -0.3 is 4.90 Å². The van der Waals surface area contributed by atoms with Crippen LogP contribution >= 0.6 is 11.6 Å². The lowest BCUT2D eigenvalue weighted by atomic mass is 9.68. The van der Waals surface area contributed by atoms with Crippen LogP contribution in [0.1, 0.15) is 55.4 Å². The lowest BCUT2D eigenvalue weighted by molar-refractivity contribution is 0.0467. The topological polar surface area (TPSA) is 46.1 Å². The SMILES string of the molecule is O=C(c1ncncc1Cl)N1CCC2(CCCCC2)CC1. The molecule has 2 aliphatic rings. The van der Waals surface area contributed by atoms with Crippen molar-refractivity contribution in [1.82, 2.24) is 14.9 Å². The summed E-state index contributed by atoms with van der Waals surface area (Å²) in [6, 6.07) is 0. The predicted octanol–water partition coefficient (Wildman–Crippen LogP) is 3.32. The van der Waals surface area contributed by atoms with E-state index in [1.54, 1.807) is 0 Å². The zero-order valence-corrected chi connectivity index (χ0v) is 12.4. The van der Waals surface area contributed by atoms with E-state index in [0.29, 0.717) is 16.1 Å². The number of piperidine rings is 1. The van der Waals surface area contributed by atoms with Gasteiger partial charge in [-0.05, 0) is 31.1 Å². The van der Waals surface area contributed by atoms with E-state index in [1.807, 2.05) is 4.90 Å². The second-order valence-corrected chi connectivity index (χ2v) is 6.48. The molecule has 1 saturated carbocycles. The summed E-state index contributed by atoms with van der Waals surface area (Å²) in [5, 5.41) is 0.343. The highest BCUT2D eigenvalue weighted by Gasteiger charge is 2.37. The number of hydrogen-bond donors (Lipinski definition) is 0. The van der Waals surface area contributed by atoms with Crippen LogP contribution in [0.3, 0.4) is 0 Å². The van der Waals surface area contributed by atoms with Gasteiger partial charge in [-0.1, -0.05) is 30.9 Å². The number of rotatable bonds is 1. The Balaban J connectivity index is 1.66. The summed E-state index contributed by atoms with van der Waals surface area (Å²) < 4.78 is 0. The van der Waals surface area contributed by atoms with Crippen molar-refractivity contribution in [2.75, 3.05) is 13.1 Å². The second-order valence-electron chi connectivity index (χ2n) is 6.07. The Morgan fingerprint density at radius 2 is 1.85 bits per heavy atom. The summed E-state index contributed by atoms with van der Waals surface area (Å²) in [4.78, 5) is 22.2. The molecule has 2 fully saturated rings. The number of carbonyl (C=O) groups is 1. The molecule has 1 aliphatic heterocycles. The first kappa shape index (κ1) is 13.8. The molecule has 1 aromatic heterocycles. The van der Waals surface area contributed by atoms with Crippen molar-refractivity contribution < 1.29 is 4.79 Å². The van der Waals surface area contributed by atoms with Crippen LogP contribution in [0.5, 0.6) is 0 Å². The third-order valence-electron chi connectivity index (χ3n) is 4.90. The quantitative estimate of drug-likeness (QED) is 0.798. The molecule has 108 valence electrons. The van der Waals surface area contributed by atoms with Crippen LogP contribution in [0.2, 0.25) is 5.02 Å². The van der Waals surface area contributed by atoms with Crippen LogP contribution in [-0.2, 0) is 0 Å². The largest absolute Gasteiger partial charge is 0.337 e. The second kappa shape index (κ2) is 5.68. The molecule has 1 aromatic rings. The summed E-state index contributed by atoms with van der Waals surface area (Å²) in [5.41, 5.74) is 0.839. The van der Waals surface area contributed by atoms with Gasteiger partial charge in [-0.2, -0.15) is 0 Å². The van der Waals surface area contributed by atoms with E-state index >= 15 is 0 Å². The minimum atomic E-state index is -0.0527. The van der Waals surface area contributed by atoms with Gasteiger partial charge >= 0.3 is 0 Å². The fourth-order valence-electron chi connectivity index (χ4n) is 3.61. The number of carbonyl (C=O) groups excluding carboxylic acids is 1. The molecular formula is C15H20ClN3O. The molecule has 0 bridgehead atoms. The maximum absolute atomic E-state index is 12.4. The van der Waals surface area contributed by atoms with Crippen LogP contribution in [0.4, 0.5) is 0 Å². The standard InChI is InChI=1S/C15H20ClN3O/c16-12-10-17-11-18-13(12)14(20)19-8-6-15(7-9-19)4-2-1-3-5-15/h10-11H,1-9H2. The van der Waals surface area contributed by atoms with Crippen molar-refractivity contribution in [2.45, 2.75) is 44.9 Å². The third kappa shape index (κ3) is 2.66. The fourth-order valence-corrected chi connectivity index (χ4v) is 3.79. The average molecular weight is 294 g/mol. The summed E-state index contributed by atoms with van der Waals surface area (Å²) >= 11 is 6.01. The summed E-state index contributed by atoms with van der Waals surface area (Å²) in [7, 11) is 0. The van der Waals surface area contributed by atoms with Crippen LogP contribution in [0, 0.1) is 5.41 Å². The number of aromatic nitrogens is 2. The number of amides is 1. The summed E-state index contributed by atoms with van der Waals surface area (Å²) in [6.07, 6.45) is 11.9. The molecule has 0 N–H and O–H groups in total. The Morgan fingerprint density at radius 3 is 2.50 bits per heavy atom. The van der Waals surface area contributed by atoms with E-state index in [1.165, 1.54) is 44.6 Å². The minimum absolute atomic E-state index is 0.0527. The first-order chi connectivity index (χ1) is 9.70. The monoisotopic (exact) mass is 293 g/mol. The Morgan fingerprint density at radius 1 is 1.15 bits per heavy atom. The van der Waals surface area contributed by atoms with Gasteiger partial charge in [0.15, 0.2) is 0 Å². The van der Waals surface area contributed by atoms with Gasteiger partial charge in [-0.15, -0.1) is 0 Å². The van der Waals surface area contributed by atoms with Crippen LogP contribution in [0.15, 0.2) is 12.5 Å². The molecule has 1 aliphatic carbocycles. The van der Waals surface area contributed by atoms with Gasteiger partial charge in [0.1, 0.15) is 12.0 Å². The molecule has 1 amide bonds. The van der Waals surface area contributed by atoms with Crippen molar-refractivity contribution in [3.63, 3.8) is 0 Å². The predicted molar refractivity (Wildman–Crippen MR) is 77.7 cm³/mol. The Kier molecular flexibility index (Phi) is 3.92. The van der Waals surface area contributed by atoms with E-state index in [9.17, 15) is 4.79 Å². The van der Waals surface area contributed by atoms with E-state index in [4.69, 9.17) is 11.6 Å². The van der Waals surface area contributed by atoms with Crippen LogP contribution in [0.25, 0.3) is 0 Å². The highest BCUT2D eigenvalue weighted by atomic mass is 35.5. The lowest BCUT2D eigenvalue weighted by Crippen LogP contribution is -2.44. The normalized spacial score (nSPS) is 21.9. The highest BCUT2D eigenvalue weighted by molar-refractivity contribution is 6.33. The van der Waals surface area contributed by atoms with E-state index in [2.05, 4.69) is 9.97 Å². The minimum Gasteiger partial charge on any atom is -0.337 e. The van der Waals surface area contributed by atoms with Gasteiger partial charge in [-0.3, -0.25) is 4.79 Å². The zero-order chi connectivity index (χ0) is 14.0. The Bertz CT molecular complexity index is 490. The maximum Gasteiger partial charge on any atom is 0.274 e. The maximum atomic E-state index is 12.4. The van der Waals surface area contributed by atoms with Crippen LogP contribution < -0.4 is 0 Å². The molecule has 1 saturated heterocycles. The molecule has 0 unspecified atom stereocenters. The highest BCUT2D eigenvalue weighted by Crippen LogP contribution is 2.44. The van der Waals surface area contributed by atoms with Gasteiger partial charge in [-0.25, -0.2) is 9.97 Å². The number of likely N-dealkylation sites (tertiary alicyclic amines) is 1. The number of halogens is 1. The van der Waals surface area contributed by atoms with Crippen molar-refractivity contribution in [3.05, 3.63) is 23.2 Å². The number of hydrogen-bond acceptors (Lipinski definition) is 3. The lowest BCUT2D eigenvalue weighted by Gasteiger charge is -2.44. The van der Waals surface area contributed by atoms with Crippen molar-refractivity contribution in [2.24, 2.45) is 5.41 Å².